The number of carboxylic acids is 1. The molecular formula is C29H34Cl2N6O6S. The maximum absolute atomic E-state index is 13.3. The van der Waals surface area contributed by atoms with Crippen LogP contribution < -0.4 is 5.32 Å². The van der Waals surface area contributed by atoms with Gasteiger partial charge in [0.05, 0.1) is 16.6 Å². The van der Waals surface area contributed by atoms with Crippen molar-refractivity contribution in [3.63, 3.8) is 0 Å². The predicted molar refractivity (Wildman–Crippen MR) is 164 cm³/mol. The Morgan fingerprint density at radius 2 is 1.80 bits per heavy atom. The number of aromatic nitrogens is 3. The SMILES string of the molecule is Cc1nc2cnccc2n1CC1CCN(C(=O)CC[C@H](NC(=O)[C@@H]2CCCN2S(=O)(=O)c2cc(Cl)cc(Cl)c2)C(=O)O)CC1. The predicted octanol–water partition coefficient (Wildman–Crippen LogP) is 3.49. The molecule has 2 amide bonds. The summed E-state index contributed by atoms with van der Waals surface area (Å²) >= 11 is 12.0. The molecule has 4 heterocycles. The minimum absolute atomic E-state index is 0.0616. The molecule has 2 aromatic heterocycles. The number of nitrogens with one attached hydrogen (secondary N) is 1. The van der Waals surface area contributed by atoms with Gasteiger partial charge in [-0.2, -0.15) is 4.31 Å². The van der Waals surface area contributed by atoms with Crippen LogP contribution in [-0.4, -0.2) is 86.8 Å². The van der Waals surface area contributed by atoms with Crippen molar-refractivity contribution in [1.82, 2.24) is 29.1 Å². The number of amides is 2. The third-order valence-corrected chi connectivity index (χ3v) is 10.7. The van der Waals surface area contributed by atoms with Crippen LogP contribution in [0.4, 0.5) is 0 Å². The lowest BCUT2D eigenvalue weighted by atomic mass is 9.96. The second kappa shape index (κ2) is 13.4. The summed E-state index contributed by atoms with van der Waals surface area (Å²) in [5.74, 6) is -0.916. The summed E-state index contributed by atoms with van der Waals surface area (Å²) in [5, 5.41) is 12.5. The van der Waals surface area contributed by atoms with Gasteiger partial charge in [-0.05, 0) is 69.2 Å². The average molecular weight is 666 g/mol. The molecule has 2 N–H and O–H groups in total. The zero-order valence-electron chi connectivity index (χ0n) is 24.2. The number of imidazole rings is 1. The Hall–Kier alpha value is -3.26. The van der Waals surface area contributed by atoms with Gasteiger partial charge in [-0.1, -0.05) is 23.2 Å². The second-order valence-corrected chi connectivity index (χ2v) is 14.0. The molecule has 12 nitrogen and oxygen atoms in total. The van der Waals surface area contributed by atoms with Crippen LogP contribution in [0.1, 0.15) is 44.3 Å². The standard InChI is InChI=1S/C29H34Cl2N6O6S/c1-18-33-24-16-32-9-6-25(24)36(18)17-19-7-11-35(12-8-19)27(38)5-4-23(29(40)41)34-28(39)26-3-2-10-37(26)44(42,43)22-14-20(30)13-21(31)15-22/h6,9,13-16,19,23,26H,2-5,7-8,10-12,17H2,1H3,(H,34,39)(H,40,41)/t23-,26-/m0/s1. The monoisotopic (exact) mass is 664 g/mol. The molecule has 0 radical (unpaired) electrons. The van der Waals surface area contributed by atoms with Gasteiger partial charge in [0.25, 0.3) is 0 Å². The van der Waals surface area contributed by atoms with Crippen molar-refractivity contribution in [3.8, 4) is 0 Å². The fraction of sp³-hybridized carbons (Fsp3) is 0.483. The number of pyridine rings is 1. The van der Waals surface area contributed by atoms with E-state index in [0.717, 1.165) is 40.5 Å². The maximum atomic E-state index is 13.3. The van der Waals surface area contributed by atoms with Crippen molar-refractivity contribution in [3.05, 3.63) is 52.5 Å². The molecule has 2 aliphatic rings. The normalized spacial score (nSPS) is 18.9. The maximum Gasteiger partial charge on any atom is 0.326 e. The van der Waals surface area contributed by atoms with E-state index in [2.05, 4.69) is 19.9 Å². The van der Waals surface area contributed by atoms with Crippen LogP contribution in [0.2, 0.25) is 10.0 Å². The Balaban J connectivity index is 1.14. The van der Waals surface area contributed by atoms with Gasteiger partial charge in [-0.15, -0.1) is 0 Å². The molecule has 2 atom stereocenters. The molecule has 5 rings (SSSR count). The fourth-order valence-corrected chi connectivity index (χ4v) is 8.39. The molecule has 2 fully saturated rings. The lowest BCUT2D eigenvalue weighted by molar-refractivity contribution is -0.143. The summed E-state index contributed by atoms with van der Waals surface area (Å²) in [5.41, 5.74) is 1.89. The van der Waals surface area contributed by atoms with Crippen LogP contribution in [0.25, 0.3) is 11.0 Å². The largest absolute Gasteiger partial charge is 0.480 e. The average Bonchev–Trinajstić information content (AvgIpc) is 3.60. The lowest BCUT2D eigenvalue weighted by Crippen LogP contribution is -2.51. The van der Waals surface area contributed by atoms with Crippen LogP contribution in [0, 0.1) is 12.8 Å². The van der Waals surface area contributed by atoms with Crippen molar-refractivity contribution < 1.29 is 27.9 Å². The van der Waals surface area contributed by atoms with Crippen LogP contribution in [0.15, 0.2) is 41.6 Å². The molecule has 0 unspecified atom stereocenters. The van der Waals surface area contributed by atoms with Gasteiger partial charge >= 0.3 is 5.97 Å². The molecule has 1 aromatic carbocycles. The van der Waals surface area contributed by atoms with E-state index >= 15 is 0 Å². The highest BCUT2D eigenvalue weighted by Gasteiger charge is 2.41. The lowest BCUT2D eigenvalue weighted by Gasteiger charge is -2.33. The molecule has 0 saturated carbocycles. The number of sulfonamides is 1. The number of piperidine rings is 1. The zero-order valence-corrected chi connectivity index (χ0v) is 26.5. The number of carbonyl (C=O) groups is 3. The van der Waals surface area contributed by atoms with Crippen LogP contribution in [-0.2, 0) is 31.0 Å². The van der Waals surface area contributed by atoms with E-state index in [0.29, 0.717) is 25.4 Å². The number of nitrogens with zero attached hydrogens (tertiary/aromatic N) is 5. The number of likely N-dealkylation sites (tertiary alicyclic amines) is 1. The third-order valence-electron chi connectivity index (χ3n) is 8.36. The molecular weight excluding hydrogens is 631 g/mol. The van der Waals surface area contributed by atoms with Gasteiger partial charge < -0.3 is 19.9 Å². The fourth-order valence-electron chi connectivity index (χ4n) is 6.01. The Morgan fingerprint density at radius 1 is 1.09 bits per heavy atom. The first kappa shape index (κ1) is 32.1. The molecule has 2 saturated heterocycles. The number of benzene rings is 1. The Kier molecular flexibility index (Phi) is 9.78. The molecule has 0 bridgehead atoms. The van der Waals surface area contributed by atoms with Gasteiger partial charge in [0.2, 0.25) is 21.8 Å². The number of hydrogen-bond acceptors (Lipinski definition) is 7. The number of halogens is 2. The number of aryl methyl sites for hydroxylation is 1. The minimum atomic E-state index is -4.12. The summed E-state index contributed by atoms with van der Waals surface area (Å²) < 4.78 is 29.8. The minimum Gasteiger partial charge on any atom is -0.480 e. The van der Waals surface area contributed by atoms with Gasteiger partial charge in [-0.25, -0.2) is 18.2 Å². The number of carbonyl (C=O) groups excluding carboxylic acids is 2. The Morgan fingerprint density at radius 3 is 2.48 bits per heavy atom. The Bertz CT molecular complexity index is 1650. The summed E-state index contributed by atoms with van der Waals surface area (Å²) in [6.07, 6.45) is 5.58. The van der Waals surface area contributed by atoms with Crippen molar-refractivity contribution in [2.75, 3.05) is 19.6 Å². The van der Waals surface area contributed by atoms with Crippen molar-refractivity contribution in [1.29, 1.82) is 0 Å². The van der Waals surface area contributed by atoms with E-state index < -0.39 is 34.0 Å². The zero-order chi connectivity index (χ0) is 31.6. The number of rotatable bonds is 10. The number of fused-ring (bicyclic) bond motifs is 1. The van der Waals surface area contributed by atoms with Crippen molar-refractivity contribution in [2.24, 2.45) is 5.92 Å². The van der Waals surface area contributed by atoms with E-state index in [4.69, 9.17) is 23.2 Å². The van der Waals surface area contributed by atoms with E-state index in [1.165, 1.54) is 18.2 Å². The molecule has 15 heteroatoms. The smallest absolute Gasteiger partial charge is 0.326 e. The first-order valence-electron chi connectivity index (χ1n) is 14.5. The molecule has 236 valence electrons. The summed E-state index contributed by atoms with van der Waals surface area (Å²) in [6, 6.07) is 3.42. The van der Waals surface area contributed by atoms with Gasteiger partial charge in [0.1, 0.15) is 23.4 Å². The summed E-state index contributed by atoms with van der Waals surface area (Å²) in [4.78, 5) is 48.5. The Labute approximate surface area is 265 Å². The third kappa shape index (κ3) is 7.01. The summed E-state index contributed by atoms with van der Waals surface area (Å²) in [7, 11) is -4.12. The van der Waals surface area contributed by atoms with E-state index in [9.17, 15) is 27.9 Å². The molecule has 44 heavy (non-hydrogen) atoms. The topological polar surface area (TPSA) is 155 Å². The molecule has 0 aliphatic carbocycles. The second-order valence-electron chi connectivity index (χ2n) is 11.3. The highest BCUT2D eigenvalue weighted by atomic mass is 35.5. The number of carboxylic acid groups (broad SMARTS) is 1. The van der Waals surface area contributed by atoms with E-state index in [-0.39, 0.29) is 46.7 Å². The van der Waals surface area contributed by atoms with Crippen LogP contribution in [0.3, 0.4) is 0 Å². The first-order valence-corrected chi connectivity index (χ1v) is 16.7. The van der Waals surface area contributed by atoms with Crippen molar-refractivity contribution in [2.45, 2.75) is 69.0 Å². The van der Waals surface area contributed by atoms with Gasteiger partial charge in [-0.3, -0.25) is 14.6 Å². The molecule has 2 aliphatic heterocycles. The van der Waals surface area contributed by atoms with Crippen LogP contribution >= 0.6 is 23.2 Å². The van der Waals surface area contributed by atoms with E-state index in [1.807, 2.05) is 13.0 Å². The van der Waals surface area contributed by atoms with E-state index in [1.54, 1.807) is 17.3 Å². The molecule has 3 aromatic rings. The van der Waals surface area contributed by atoms with Crippen LogP contribution in [0.5, 0.6) is 0 Å². The quantitative estimate of drug-likeness (QED) is 0.334. The summed E-state index contributed by atoms with van der Waals surface area (Å²) in [6.45, 7) is 3.96. The van der Waals surface area contributed by atoms with Crippen molar-refractivity contribution >= 4 is 62.0 Å². The number of hydrogen-bond donors (Lipinski definition) is 2. The van der Waals surface area contributed by atoms with Gasteiger partial charge in [0.15, 0.2) is 0 Å². The number of aliphatic carboxylic acids is 1. The molecule has 0 spiro atoms. The highest BCUT2D eigenvalue weighted by molar-refractivity contribution is 7.89. The highest BCUT2D eigenvalue weighted by Crippen LogP contribution is 2.30. The first-order chi connectivity index (χ1) is 20.9. The van der Waals surface area contributed by atoms with Gasteiger partial charge in [0, 0.05) is 48.8 Å².